The number of ether oxygens (including phenoxy) is 1. The monoisotopic (exact) mass is 167 g/mol. The van der Waals surface area contributed by atoms with E-state index in [0.29, 0.717) is 5.92 Å². The van der Waals surface area contributed by atoms with Gasteiger partial charge in [0.05, 0.1) is 6.07 Å². The van der Waals surface area contributed by atoms with Crippen LogP contribution in [0.1, 0.15) is 39.0 Å². The van der Waals surface area contributed by atoms with Crippen LogP contribution in [0.3, 0.4) is 0 Å². The van der Waals surface area contributed by atoms with Gasteiger partial charge in [0.1, 0.15) is 0 Å². The van der Waals surface area contributed by atoms with E-state index in [2.05, 4.69) is 13.0 Å². The van der Waals surface area contributed by atoms with E-state index in [0.717, 1.165) is 25.7 Å². The molecule has 2 unspecified atom stereocenters. The number of nitriles is 1. The normalized spacial score (nSPS) is 35.9. The van der Waals surface area contributed by atoms with Crippen molar-refractivity contribution in [2.75, 3.05) is 7.11 Å². The molecule has 1 aliphatic rings. The van der Waals surface area contributed by atoms with Gasteiger partial charge < -0.3 is 4.74 Å². The van der Waals surface area contributed by atoms with Crippen LogP contribution in [0, 0.1) is 17.2 Å². The molecule has 0 saturated heterocycles. The van der Waals surface area contributed by atoms with Crippen LogP contribution in [0.4, 0.5) is 0 Å². The topological polar surface area (TPSA) is 33.0 Å². The summed E-state index contributed by atoms with van der Waals surface area (Å²) in [4.78, 5) is 0. The summed E-state index contributed by atoms with van der Waals surface area (Å²) in [5.74, 6) is 0.446. The highest BCUT2D eigenvalue weighted by molar-refractivity contribution is 5.07. The molecule has 1 saturated carbocycles. The average molecular weight is 167 g/mol. The molecule has 0 aromatic heterocycles. The maximum absolute atomic E-state index is 9.07. The van der Waals surface area contributed by atoms with Crippen LogP contribution in [-0.4, -0.2) is 12.7 Å². The van der Waals surface area contributed by atoms with Crippen LogP contribution in [-0.2, 0) is 4.74 Å². The van der Waals surface area contributed by atoms with Crippen LogP contribution >= 0.6 is 0 Å². The Kier molecular flexibility index (Phi) is 3.11. The number of hydrogen-bond acceptors (Lipinski definition) is 2. The van der Waals surface area contributed by atoms with Gasteiger partial charge >= 0.3 is 0 Å². The van der Waals surface area contributed by atoms with Crippen LogP contribution in [0.2, 0.25) is 0 Å². The molecular weight excluding hydrogens is 150 g/mol. The Morgan fingerprint density at radius 1 is 1.58 bits per heavy atom. The third-order valence-electron chi connectivity index (χ3n) is 3.06. The van der Waals surface area contributed by atoms with E-state index in [1.54, 1.807) is 7.11 Å². The Morgan fingerprint density at radius 3 is 2.75 bits per heavy atom. The minimum Gasteiger partial charge on any atom is -0.363 e. The average Bonchev–Trinajstić information content (AvgIpc) is 2.17. The quantitative estimate of drug-likeness (QED) is 0.633. The zero-order valence-corrected chi connectivity index (χ0v) is 7.97. The van der Waals surface area contributed by atoms with Crippen LogP contribution in [0.25, 0.3) is 0 Å². The third kappa shape index (κ3) is 1.47. The Hall–Kier alpha value is -0.550. The fourth-order valence-electron chi connectivity index (χ4n) is 2.21. The Bertz CT molecular complexity index is 185. The molecule has 1 fully saturated rings. The molecule has 2 nitrogen and oxygen atoms in total. The van der Waals surface area contributed by atoms with E-state index in [1.807, 2.05) is 0 Å². The number of methoxy groups -OCH3 is 1. The van der Waals surface area contributed by atoms with E-state index < -0.39 is 5.60 Å². The van der Waals surface area contributed by atoms with Crippen molar-refractivity contribution in [3.05, 3.63) is 0 Å². The lowest BCUT2D eigenvalue weighted by Crippen LogP contribution is -2.40. The molecule has 1 aliphatic carbocycles. The van der Waals surface area contributed by atoms with Gasteiger partial charge in [-0.1, -0.05) is 13.3 Å². The molecule has 0 aromatic carbocycles. The van der Waals surface area contributed by atoms with E-state index >= 15 is 0 Å². The minimum absolute atomic E-state index is 0.446. The van der Waals surface area contributed by atoms with Crippen molar-refractivity contribution in [1.29, 1.82) is 5.26 Å². The Labute approximate surface area is 74.5 Å². The molecule has 68 valence electrons. The van der Waals surface area contributed by atoms with Crippen LogP contribution in [0.5, 0.6) is 0 Å². The molecule has 0 heterocycles. The lowest BCUT2D eigenvalue weighted by atomic mass is 9.75. The maximum atomic E-state index is 9.07. The zero-order chi connectivity index (χ0) is 9.03. The zero-order valence-electron chi connectivity index (χ0n) is 7.97. The van der Waals surface area contributed by atoms with Gasteiger partial charge in [-0.25, -0.2) is 0 Å². The van der Waals surface area contributed by atoms with Crippen molar-refractivity contribution in [3.8, 4) is 6.07 Å². The summed E-state index contributed by atoms with van der Waals surface area (Å²) in [6, 6.07) is 2.35. The van der Waals surface area contributed by atoms with E-state index in [9.17, 15) is 0 Å². The van der Waals surface area contributed by atoms with E-state index in [1.165, 1.54) is 6.42 Å². The van der Waals surface area contributed by atoms with E-state index in [-0.39, 0.29) is 0 Å². The first kappa shape index (κ1) is 9.54. The summed E-state index contributed by atoms with van der Waals surface area (Å²) in [6.45, 7) is 2.14. The largest absolute Gasteiger partial charge is 0.363 e. The Morgan fingerprint density at radius 2 is 2.33 bits per heavy atom. The SMILES string of the molecule is CCC1CCCCC1(C#N)OC. The third-order valence-corrected chi connectivity index (χ3v) is 3.06. The second kappa shape index (κ2) is 3.91. The van der Waals surface area contributed by atoms with E-state index in [4.69, 9.17) is 10.00 Å². The van der Waals surface area contributed by atoms with Gasteiger partial charge in [-0.3, -0.25) is 0 Å². The highest BCUT2D eigenvalue weighted by Crippen LogP contribution is 2.37. The molecule has 0 aromatic rings. The number of hydrogen-bond donors (Lipinski definition) is 0. The van der Waals surface area contributed by atoms with Gasteiger partial charge in [-0.05, 0) is 25.7 Å². The predicted molar refractivity (Wildman–Crippen MR) is 47.6 cm³/mol. The second-order valence-electron chi connectivity index (χ2n) is 3.56. The van der Waals surface area contributed by atoms with Crippen molar-refractivity contribution in [2.24, 2.45) is 5.92 Å². The molecule has 0 spiro atoms. The molecule has 0 radical (unpaired) electrons. The van der Waals surface area contributed by atoms with Gasteiger partial charge in [0.25, 0.3) is 0 Å². The highest BCUT2D eigenvalue weighted by atomic mass is 16.5. The van der Waals surface area contributed by atoms with Gasteiger partial charge in [0.15, 0.2) is 5.60 Å². The fraction of sp³-hybridized carbons (Fsp3) is 0.900. The minimum atomic E-state index is -0.465. The molecule has 0 bridgehead atoms. The first-order chi connectivity index (χ1) is 5.79. The fourth-order valence-corrected chi connectivity index (χ4v) is 2.21. The second-order valence-corrected chi connectivity index (χ2v) is 3.56. The summed E-state index contributed by atoms with van der Waals surface area (Å²) in [7, 11) is 1.66. The molecule has 12 heavy (non-hydrogen) atoms. The lowest BCUT2D eigenvalue weighted by molar-refractivity contribution is -0.0387. The van der Waals surface area contributed by atoms with Gasteiger partial charge in [-0.2, -0.15) is 5.26 Å². The highest BCUT2D eigenvalue weighted by Gasteiger charge is 2.39. The van der Waals surface area contributed by atoms with Crippen molar-refractivity contribution < 1.29 is 4.74 Å². The summed E-state index contributed by atoms with van der Waals surface area (Å²) in [5, 5.41) is 9.07. The lowest BCUT2D eigenvalue weighted by Gasteiger charge is -2.37. The molecule has 1 rings (SSSR count). The molecule has 2 atom stereocenters. The predicted octanol–water partition coefficient (Wildman–Crippen LogP) is 2.50. The molecule has 2 heteroatoms. The van der Waals surface area contributed by atoms with Gasteiger partial charge in [0.2, 0.25) is 0 Å². The standard InChI is InChI=1S/C10H17NO/c1-3-9-6-4-5-7-10(9,8-11)12-2/h9H,3-7H2,1-2H3. The Balaban J connectivity index is 2.75. The summed E-state index contributed by atoms with van der Waals surface area (Å²) < 4.78 is 5.37. The number of nitrogens with zero attached hydrogens (tertiary/aromatic N) is 1. The molecule has 0 N–H and O–H groups in total. The van der Waals surface area contributed by atoms with Crippen LogP contribution < -0.4 is 0 Å². The summed E-state index contributed by atoms with van der Waals surface area (Å²) >= 11 is 0. The summed E-state index contributed by atoms with van der Waals surface area (Å²) in [5.41, 5.74) is -0.465. The first-order valence-electron chi connectivity index (χ1n) is 4.75. The molecular formula is C10H17NO. The smallest absolute Gasteiger partial charge is 0.156 e. The van der Waals surface area contributed by atoms with Crippen molar-refractivity contribution in [2.45, 2.75) is 44.6 Å². The van der Waals surface area contributed by atoms with Crippen molar-refractivity contribution in [1.82, 2.24) is 0 Å². The molecule has 0 amide bonds. The number of rotatable bonds is 2. The first-order valence-corrected chi connectivity index (χ1v) is 4.75. The van der Waals surface area contributed by atoms with Crippen molar-refractivity contribution >= 4 is 0 Å². The molecule has 0 aliphatic heterocycles. The summed E-state index contributed by atoms with van der Waals surface area (Å²) in [6.07, 6.45) is 5.51. The maximum Gasteiger partial charge on any atom is 0.156 e. The van der Waals surface area contributed by atoms with Crippen LogP contribution in [0.15, 0.2) is 0 Å². The van der Waals surface area contributed by atoms with Gasteiger partial charge in [-0.15, -0.1) is 0 Å². The van der Waals surface area contributed by atoms with Crippen molar-refractivity contribution in [3.63, 3.8) is 0 Å². The van der Waals surface area contributed by atoms with Gasteiger partial charge in [0, 0.05) is 13.0 Å².